The van der Waals surface area contributed by atoms with Gasteiger partial charge < -0.3 is 9.80 Å². The Hall–Kier alpha value is -0.160. The van der Waals surface area contributed by atoms with E-state index in [9.17, 15) is 0 Å². The number of nitrogens with zero attached hydrogens (tertiary/aromatic N) is 4. The molecule has 0 spiro atoms. The summed E-state index contributed by atoms with van der Waals surface area (Å²) in [5, 5.41) is 0. The fourth-order valence-electron chi connectivity index (χ4n) is 8.56. The fraction of sp³-hybridized carbons (Fsp3) is 1.00. The molecule has 0 aliphatic carbocycles. The zero-order valence-electron chi connectivity index (χ0n) is 27.0. The average molecular weight is 531 g/mol. The van der Waals surface area contributed by atoms with E-state index in [-0.39, 0.29) is 0 Å². The van der Waals surface area contributed by atoms with Crippen LogP contribution in [-0.4, -0.2) is 95.1 Å². The fourth-order valence-corrected chi connectivity index (χ4v) is 8.56. The lowest BCUT2D eigenvalue weighted by Gasteiger charge is -2.47. The molecule has 0 bridgehead atoms. The Morgan fingerprint density at radius 3 is 1.61 bits per heavy atom. The minimum Gasteiger partial charge on any atom is -0.301 e. The number of piperidine rings is 4. The summed E-state index contributed by atoms with van der Waals surface area (Å²) in [6, 6.07) is 1.58. The van der Waals surface area contributed by atoms with Crippen molar-refractivity contribution in [3.8, 4) is 0 Å². The Bertz CT molecular complexity index is 680. The number of rotatable bonds is 8. The van der Waals surface area contributed by atoms with Crippen molar-refractivity contribution in [2.24, 2.45) is 23.7 Å². The van der Waals surface area contributed by atoms with E-state index < -0.39 is 0 Å². The molecule has 4 aliphatic rings. The summed E-state index contributed by atoms with van der Waals surface area (Å²) in [6.07, 6.45) is 14.0. The molecular formula is C34H66N4. The molecule has 4 nitrogen and oxygen atoms in total. The highest BCUT2D eigenvalue weighted by molar-refractivity contribution is 4.91. The van der Waals surface area contributed by atoms with Crippen LogP contribution in [0.2, 0.25) is 0 Å². The molecule has 0 saturated carbocycles. The smallest absolute Gasteiger partial charge is 0.0153 e. The normalized spacial score (nSPS) is 27.4. The van der Waals surface area contributed by atoms with Gasteiger partial charge in [-0.25, -0.2) is 0 Å². The molecule has 4 rings (SSSR count). The molecule has 1 unspecified atom stereocenters. The second-order valence-corrected chi connectivity index (χ2v) is 15.9. The van der Waals surface area contributed by atoms with Gasteiger partial charge in [0.2, 0.25) is 0 Å². The van der Waals surface area contributed by atoms with Gasteiger partial charge in [0.05, 0.1) is 0 Å². The van der Waals surface area contributed by atoms with Crippen molar-refractivity contribution in [3.63, 3.8) is 0 Å². The maximum Gasteiger partial charge on any atom is 0.0153 e. The molecular weight excluding hydrogens is 464 g/mol. The first-order valence-electron chi connectivity index (χ1n) is 16.9. The largest absolute Gasteiger partial charge is 0.301 e. The number of hydrogen-bond donors (Lipinski definition) is 0. The van der Waals surface area contributed by atoms with E-state index in [2.05, 4.69) is 75.0 Å². The Balaban J connectivity index is 1.13. The molecule has 38 heavy (non-hydrogen) atoms. The summed E-state index contributed by atoms with van der Waals surface area (Å²) >= 11 is 0. The highest BCUT2D eigenvalue weighted by atomic mass is 15.2. The van der Waals surface area contributed by atoms with Crippen molar-refractivity contribution in [1.29, 1.82) is 0 Å². The number of hydrogen-bond acceptors (Lipinski definition) is 4. The van der Waals surface area contributed by atoms with E-state index in [1.165, 1.54) is 117 Å². The minimum absolute atomic E-state index is 0.337. The minimum atomic E-state index is 0.337. The first-order chi connectivity index (χ1) is 17.9. The van der Waals surface area contributed by atoms with Gasteiger partial charge in [-0.2, -0.15) is 0 Å². The molecule has 4 heteroatoms. The standard InChI is InChI=1S/C34H66N4/c1-27(2)29-10-21-36(22-11-29)32-16-25-38(26-17-32)34(7,8)18-9-28(3)35-19-12-30(13-20-35)31-14-23-37(24-15-31)33(4,5)6/h27-32H,9-26H2,1-8H3. The van der Waals surface area contributed by atoms with Gasteiger partial charge in [0.1, 0.15) is 0 Å². The molecule has 0 amide bonds. The molecule has 0 N–H and O–H groups in total. The third-order valence-electron chi connectivity index (χ3n) is 11.9. The molecule has 0 aromatic heterocycles. The lowest BCUT2D eigenvalue weighted by Crippen LogP contribution is -2.53. The van der Waals surface area contributed by atoms with Crippen molar-refractivity contribution < 1.29 is 0 Å². The maximum atomic E-state index is 2.85. The Morgan fingerprint density at radius 2 is 1.11 bits per heavy atom. The van der Waals surface area contributed by atoms with Crippen molar-refractivity contribution in [2.75, 3.05) is 52.4 Å². The first kappa shape index (κ1) is 30.8. The lowest BCUT2D eigenvalue weighted by atomic mass is 9.78. The molecule has 4 aliphatic heterocycles. The summed E-state index contributed by atoms with van der Waals surface area (Å²) in [4.78, 5) is 11.2. The third kappa shape index (κ3) is 7.98. The van der Waals surface area contributed by atoms with E-state index in [0.29, 0.717) is 11.1 Å². The van der Waals surface area contributed by atoms with Gasteiger partial charge in [0, 0.05) is 36.3 Å². The maximum absolute atomic E-state index is 2.85. The van der Waals surface area contributed by atoms with Crippen LogP contribution in [-0.2, 0) is 0 Å². The van der Waals surface area contributed by atoms with Crippen LogP contribution >= 0.6 is 0 Å². The number of likely N-dealkylation sites (tertiary alicyclic amines) is 4. The summed E-state index contributed by atoms with van der Waals surface area (Å²) in [5.74, 6) is 3.79. The summed E-state index contributed by atoms with van der Waals surface area (Å²) in [5.41, 5.74) is 0.682. The monoisotopic (exact) mass is 531 g/mol. The first-order valence-corrected chi connectivity index (χ1v) is 16.9. The predicted octanol–water partition coefficient (Wildman–Crippen LogP) is 6.99. The molecule has 222 valence electrons. The SMILES string of the molecule is CC(C)C1CCN(C2CCN(C(C)(C)CCC(C)N3CCC(C4CCN(C(C)(C)C)CC4)CC3)CC2)CC1. The van der Waals surface area contributed by atoms with E-state index in [1.807, 2.05) is 0 Å². The molecule has 0 aromatic rings. The highest BCUT2D eigenvalue weighted by Crippen LogP contribution is 2.36. The van der Waals surface area contributed by atoms with Gasteiger partial charge in [-0.05, 0) is 169 Å². The van der Waals surface area contributed by atoms with Gasteiger partial charge in [0.15, 0.2) is 0 Å². The van der Waals surface area contributed by atoms with Crippen LogP contribution < -0.4 is 0 Å². The highest BCUT2D eigenvalue weighted by Gasteiger charge is 2.36. The van der Waals surface area contributed by atoms with Crippen LogP contribution in [0, 0.1) is 23.7 Å². The van der Waals surface area contributed by atoms with Gasteiger partial charge in [-0.15, -0.1) is 0 Å². The zero-order valence-corrected chi connectivity index (χ0v) is 27.0. The molecule has 1 atom stereocenters. The summed E-state index contributed by atoms with van der Waals surface area (Å²) in [6.45, 7) is 30.2. The van der Waals surface area contributed by atoms with Crippen LogP contribution in [0.5, 0.6) is 0 Å². The topological polar surface area (TPSA) is 13.0 Å². The van der Waals surface area contributed by atoms with Crippen molar-refractivity contribution in [3.05, 3.63) is 0 Å². The van der Waals surface area contributed by atoms with Crippen molar-refractivity contribution in [2.45, 2.75) is 143 Å². The second-order valence-electron chi connectivity index (χ2n) is 15.9. The predicted molar refractivity (Wildman–Crippen MR) is 165 cm³/mol. The second kappa shape index (κ2) is 13.2. The van der Waals surface area contributed by atoms with Gasteiger partial charge >= 0.3 is 0 Å². The molecule has 4 saturated heterocycles. The van der Waals surface area contributed by atoms with Crippen molar-refractivity contribution >= 4 is 0 Å². The quantitative estimate of drug-likeness (QED) is 0.335. The molecule has 0 radical (unpaired) electrons. The van der Waals surface area contributed by atoms with E-state index in [1.54, 1.807) is 0 Å². The van der Waals surface area contributed by atoms with Crippen LogP contribution in [0.1, 0.15) is 120 Å². The van der Waals surface area contributed by atoms with Crippen LogP contribution in [0.4, 0.5) is 0 Å². The Labute approximate surface area is 238 Å². The zero-order chi connectivity index (χ0) is 27.5. The van der Waals surface area contributed by atoms with Crippen molar-refractivity contribution in [1.82, 2.24) is 19.6 Å². The van der Waals surface area contributed by atoms with Crippen LogP contribution in [0.3, 0.4) is 0 Å². The van der Waals surface area contributed by atoms with E-state index >= 15 is 0 Å². The summed E-state index contributed by atoms with van der Waals surface area (Å²) in [7, 11) is 0. The Kier molecular flexibility index (Phi) is 10.7. The molecule has 4 fully saturated rings. The lowest BCUT2D eigenvalue weighted by molar-refractivity contribution is 0.0211. The van der Waals surface area contributed by atoms with Gasteiger partial charge in [-0.3, -0.25) is 9.80 Å². The van der Waals surface area contributed by atoms with E-state index in [4.69, 9.17) is 0 Å². The average Bonchev–Trinajstić information content (AvgIpc) is 2.91. The van der Waals surface area contributed by atoms with Crippen LogP contribution in [0.25, 0.3) is 0 Å². The Morgan fingerprint density at radius 1 is 0.605 bits per heavy atom. The van der Waals surface area contributed by atoms with Gasteiger partial charge in [-0.1, -0.05) is 13.8 Å². The molecule has 0 aromatic carbocycles. The van der Waals surface area contributed by atoms with E-state index in [0.717, 1.165) is 35.8 Å². The molecule has 4 heterocycles. The summed E-state index contributed by atoms with van der Waals surface area (Å²) < 4.78 is 0. The van der Waals surface area contributed by atoms with Gasteiger partial charge in [0.25, 0.3) is 0 Å². The van der Waals surface area contributed by atoms with Crippen LogP contribution in [0.15, 0.2) is 0 Å². The third-order valence-corrected chi connectivity index (χ3v) is 11.9.